The molecule has 24 heavy (non-hydrogen) atoms. The van der Waals surface area contributed by atoms with Crippen LogP contribution in [0.3, 0.4) is 0 Å². The van der Waals surface area contributed by atoms with Crippen LogP contribution in [0.25, 0.3) is 5.69 Å². The molecule has 0 unspecified atom stereocenters. The lowest BCUT2D eigenvalue weighted by Crippen LogP contribution is -2.39. The predicted molar refractivity (Wildman–Crippen MR) is 74.0 cm³/mol. The van der Waals surface area contributed by atoms with Gasteiger partial charge in [-0.2, -0.15) is 17.6 Å². The molecule has 0 aliphatic rings. The molecule has 1 heterocycles. The summed E-state index contributed by atoms with van der Waals surface area (Å²) >= 11 is 0. The van der Waals surface area contributed by atoms with Crippen LogP contribution in [-0.4, -0.2) is 16.3 Å². The standard InChI is InChI=1S/C13H9F5N2O2.CH3F/c1-6-3-9(8(14)4-7(6)13(16,17)18)20-11(21)5-10(15)19(2)12(20)22;1-2/h3-5H,1-2H3;1H3. The first kappa shape index (κ1) is 19.5. The number of alkyl halides is 4. The fraction of sp³-hybridized carbons (Fsp3) is 0.286. The van der Waals surface area contributed by atoms with Gasteiger partial charge in [0, 0.05) is 7.05 Å². The molecule has 0 atom stereocenters. The molecule has 2 aromatic rings. The largest absolute Gasteiger partial charge is 0.416 e. The van der Waals surface area contributed by atoms with E-state index in [4.69, 9.17) is 0 Å². The summed E-state index contributed by atoms with van der Waals surface area (Å²) in [4.78, 5) is 23.5. The van der Waals surface area contributed by atoms with Crippen LogP contribution in [0.4, 0.5) is 26.3 Å². The molecule has 0 aliphatic carbocycles. The molecule has 0 saturated carbocycles. The monoisotopic (exact) mass is 354 g/mol. The van der Waals surface area contributed by atoms with Gasteiger partial charge >= 0.3 is 11.9 Å². The highest BCUT2D eigenvalue weighted by Crippen LogP contribution is 2.33. The Bertz CT molecular complexity index is 867. The molecule has 0 N–H and O–H groups in total. The second-order valence-electron chi connectivity index (χ2n) is 4.60. The van der Waals surface area contributed by atoms with E-state index in [0.717, 1.165) is 20.0 Å². The summed E-state index contributed by atoms with van der Waals surface area (Å²) in [6.45, 7) is 1.06. The number of benzene rings is 1. The minimum atomic E-state index is -4.78. The lowest BCUT2D eigenvalue weighted by molar-refractivity contribution is -0.138. The van der Waals surface area contributed by atoms with Crippen LogP contribution in [0.5, 0.6) is 0 Å². The molecule has 0 spiro atoms. The van der Waals surface area contributed by atoms with Crippen LogP contribution in [-0.2, 0) is 13.2 Å². The third-order valence-corrected chi connectivity index (χ3v) is 3.10. The van der Waals surface area contributed by atoms with Crippen molar-refractivity contribution in [3.63, 3.8) is 0 Å². The van der Waals surface area contributed by atoms with Gasteiger partial charge < -0.3 is 0 Å². The van der Waals surface area contributed by atoms with Gasteiger partial charge in [0.25, 0.3) is 5.56 Å². The minimum Gasteiger partial charge on any atom is -0.272 e. The zero-order chi connectivity index (χ0) is 18.8. The zero-order valence-corrected chi connectivity index (χ0v) is 12.7. The molecule has 132 valence electrons. The van der Waals surface area contributed by atoms with Gasteiger partial charge in [0.1, 0.15) is 5.82 Å². The van der Waals surface area contributed by atoms with Crippen LogP contribution < -0.4 is 11.2 Å². The summed E-state index contributed by atoms with van der Waals surface area (Å²) in [5.74, 6) is -2.56. The van der Waals surface area contributed by atoms with E-state index in [1.165, 1.54) is 0 Å². The van der Waals surface area contributed by atoms with E-state index in [2.05, 4.69) is 0 Å². The number of rotatable bonds is 1. The normalized spacial score (nSPS) is 11.0. The topological polar surface area (TPSA) is 44.0 Å². The third-order valence-electron chi connectivity index (χ3n) is 3.10. The van der Waals surface area contributed by atoms with Gasteiger partial charge in [-0.05, 0) is 24.6 Å². The molecule has 4 nitrogen and oxygen atoms in total. The second kappa shape index (κ2) is 6.93. The van der Waals surface area contributed by atoms with Crippen molar-refractivity contribution in [1.29, 1.82) is 0 Å². The van der Waals surface area contributed by atoms with E-state index < -0.39 is 40.4 Å². The second-order valence-corrected chi connectivity index (χ2v) is 4.60. The maximum absolute atomic E-state index is 13.9. The van der Waals surface area contributed by atoms with Crippen molar-refractivity contribution in [2.45, 2.75) is 13.1 Å². The van der Waals surface area contributed by atoms with Crippen molar-refractivity contribution in [3.05, 3.63) is 61.9 Å². The number of halogens is 6. The molecular formula is C14H12F6N2O2. The van der Waals surface area contributed by atoms with E-state index in [1.54, 1.807) is 0 Å². The summed E-state index contributed by atoms with van der Waals surface area (Å²) < 4.78 is 75.5. The third kappa shape index (κ3) is 3.52. The number of aryl methyl sites for hydroxylation is 1. The molecule has 2 rings (SSSR count). The highest BCUT2D eigenvalue weighted by molar-refractivity contribution is 5.42. The first-order chi connectivity index (χ1) is 11.0. The summed E-state index contributed by atoms with van der Waals surface area (Å²) in [6, 6.07) is 1.35. The maximum atomic E-state index is 13.9. The number of nitrogens with zero attached hydrogens (tertiary/aromatic N) is 2. The highest BCUT2D eigenvalue weighted by Gasteiger charge is 2.33. The summed E-state index contributed by atoms with van der Waals surface area (Å²) in [5, 5.41) is 0. The molecular weight excluding hydrogens is 342 g/mol. The molecule has 1 aromatic carbocycles. The van der Waals surface area contributed by atoms with Gasteiger partial charge in [-0.25, -0.2) is 13.8 Å². The maximum Gasteiger partial charge on any atom is 0.416 e. The summed E-state index contributed by atoms with van der Waals surface area (Å²) in [5.41, 5.74) is -4.65. The Labute approximate surface area is 131 Å². The van der Waals surface area contributed by atoms with Gasteiger partial charge in [0.15, 0.2) is 0 Å². The Balaban J connectivity index is 0.00000139. The number of hydrogen-bond acceptors (Lipinski definition) is 2. The number of hydrogen-bond donors (Lipinski definition) is 0. The molecule has 1 aromatic heterocycles. The lowest BCUT2D eigenvalue weighted by Gasteiger charge is -2.14. The Morgan fingerprint density at radius 2 is 1.54 bits per heavy atom. The molecule has 0 aliphatic heterocycles. The van der Waals surface area contributed by atoms with Crippen molar-refractivity contribution >= 4 is 0 Å². The predicted octanol–water partition coefficient (Wildman–Crippen LogP) is 2.73. The van der Waals surface area contributed by atoms with Crippen LogP contribution in [0, 0.1) is 18.7 Å². The van der Waals surface area contributed by atoms with Crippen LogP contribution in [0.1, 0.15) is 11.1 Å². The van der Waals surface area contributed by atoms with Crippen LogP contribution in [0.15, 0.2) is 27.8 Å². The van der Waals surface area contributed by atoms with Gasteiger partial charge in [0.05, 0.1) is 24.5 Å². The van der Waals surface area contributed by atoms with Crippen LogP contribution >= 0.6 is 0 Å². The Kier molecular flexibility index (Phi) is 5.64. The fourth-order valence-corrected chi connectivity index (χ4v) is 1.96. The minimum absolute atomic E-state index is 0.194. The fourth-order valence-electron chi connectivity index (χ4n) is 1.96. The quantitative estimate of drug-likeness (QED) is 0.584. The Hall–Kier alpha value is -2.52. The first-order valence-corrected chi connectivity index (χ1v) is 6.28. The SMILES string of the molecule is CF.Cc1cc(-n2c(=O)cc(F)n(C)c2=O)c(F)cc1C(F)(F)F. The van der Waals surface area contributed by atoms with Crippen molar-refractivity contribution in [2.75, 3.05) is 7.18 Å². The summed E-state index contributed by atoms with van der Waals surface area (Å²) in [7, 11) is 1.50. The van der Waals surface area contributed by atoms with Gasteiger partial charge in [0.2, 0.25) is 5.95 Å². The van der Waals surface area contributed by atoms with E-state index in [0.29, 0.717) is 17.8 Å². The average molecular weight is 354 g/mol. The van der Waals surface area contributed by atoms with E-state index in [9.17, 15) is 35.9 Å². The first-order valence-electron chi connectivity index (χ1n) is 6.28. The lowest BCUT2D eigenvalue weighted by atomic mass is 10.1. The van der Waals surface area contributed by atoms with Crippen molar-refractivity contribution < 1.29 is 26.3 Å². The molecule has 0 amide bonds. The van der Waals surface area contributed by atoms with Crippen molar-refractivity contribution in [1.82, 2.24) is 9.13 Å². The Morgan fingerprint density at radius 1 is 1.00 bits per heavy atom. The molecule has 0 radical (unpaired) electrons. The molecule has 10 heteroatoms. The van der Waals surface area contributed by atoms with Crippen molar-refractivity contribution in [2.24, 2.45) is 7.05 Å². The summed E-state index contributed by atoms with van der Waals surface area (Å²) in [6.07, 6.45) is -4.78. The highest BCUT2D eigenvalue weighted by atomic mass is 19.4. The smallest absolute Gasteiger partial charge is 0.272 e. The molecule has 0 saturated heterocycles. The van der Waals surface area contributed by atoms with Crippen LogP contribution in [0.2, 0.25) is 0 Å². The van der Waals surface area contributed by atoms with E-state index >= 15 is 0 Å². The van der Waals surface area contributed by atoms with Gasteiger partial charge in [-0.15, -0.1) is 0 Å². The van der Waals surface area contributed by atoms with Crippen molar-refractivity contribution in [3.8, 4) is 5.69 Å². The number of aromatic nitrogens is 2. The van der Waals surface area contributed by atoms with Gasteiger partial charge in [-0.3, -0.25) is 13.8 Å². The Morgan fingerprint density at radius 3 is 2.04 bits per heavy atom. The zero-order valence-electron chi connectivity index (χ0n) is 12.7. The average Bonchev–Trinajstić information content (AvgIpc) is 2.49. The van der Waals surface area contributed by atoms with E-state index in [-0.39, 0.29) is 16.2 Å². The van der Waals surface area contributed by atoms with E-state index in [1.807, 2.05) is 0 Å². The molecule has 0 fully saturated rings. The molecule has 0 bridgehead atoms. The van der Waals surface area contributed by atoms with Gasteiger partial charge in [-0.1, -0.05) is 0 Å².